The molecule has 0 amide bonds. The minimum atomic E-state index is -0.833. The molecule has 1 N–H and O–H groups in total. The molecule has 0 spiro atoms. The summed E-state index contributed by atoms with van der Waals surface area (Å²) in [5.41, 5.74) is 0. The first-order valence-corrected chi connectivity index (χ1v) is 7.15. The van der Waals surface area contributed by atoms with E-state index in [1.54, 1.807) is 0 Å². The van der Waals surface area contributed by atoms with Gasteiger partial charge in [-0.05, 0) is 0 Å². The van der Waals surface area contributed by atoms with Crippen molar-refractivity contribution in [3.8, 4) is 0 Å². The number of benzene rings is 3. The lowest BCUT2D eigenvalue weighted by molar-refractivity contribution is 0.524. The Kier molecular flexibility index (Phi) is 28.8. The van der Waals surface area contributed by atoms with E-state index >= 15 is 0 Å². The molecule has 0 heterocycles. The Morgan fingerprint density at radius 1 is 0.391 bits per heavy atom. The SMILES string of the molecule is Cl.Cl.O=PO.c1ccccc1.c1ccccc1.c1ccccc1. The molecular formula is C18H21Cl2O2P. The van der Waals surface area contributed by atoms with E-state index < -0.39 is 8.69 Å². The van der Waals surface area contributed by atoms with Crippen LogP contribution < -0.4 is 0 Å². The van der Waals surface area contributed by atoms with Crippen molar-refractivity contribution in [1.82, 2.24) is 0 Å². The highest BCUT2D eigenvalue weighted by Crippen LogP contribution is 1.81. The van der Waals surface area contributed by atoms with Gasteiger partial charge in [0.15, 0.2) is 0 Å². The van der Waals surface area contributed by atoms with E-state index in [-0.39, 0.29) is 24.8 Å². The first kappa shape index (κ1) is 26.2. The Balaban J connectivity index is -0.000000232. The molecule has 0 unspecified atom stereocenters. The quantitative estimate of drug-likeness (QED) is 0.486. The summed E-state index contributed by atoms with van der Waals surface area (Å²) in [5.74, 6) is 0. The first-order valence-electron chi connectivity index (χ1n) is 6.38. The summed E-state index contributed by atoms with van der Waals surface area (Å²) >= 11 is 0. The third-order valence-corrected chi connectivity index (χ3v) is 2.00. The molecule has 3 rings (SSSR count). The van der Waals surface area contributed by atoms with Crippen molar-refractivity contribution in [3.63, 3.8) is 0 Å². The molecule has 0 aromatic heterocycles. The smallest absolute Gasteiger partial charge is 0.310 e. The van der Waals surface area contributed by atoms with Gasteiger partial charge in [-0.2, -0.15) is 0 Å². The lowest BCUT2D eigenvalue weighted by Gasteiger charge is -1.69. The Morgan fingerprint density at radius 2 is 0.435 bits per heavy atom. The Hall–Kier alpha value is -1.70. The molecule has 0 atom stereocenters. The van der Waals surface area contributed by atoms with Crippen LogP contribution in [0.1, 0.15) is 0 Å². The zero-order valence-electron chi connectivity index (χ0n) is 12.5. The maximum atomic E-state index is 8.46. The summed E-state index contributed by atoms with van der Waals surface area (Å²) in [7, 11) is -0.833. The second kappa shape index (κ2) is 25.3. The first-order chi connectivity index (χ1) is 10.4. The van der Waals surface area contributed by atoms with Crippen molar-refractivity contribution >= 4 is 33.5 Å². The number of hydrogen-bond acceptors (Lipinski definition) is 1. The third kappa shape index (κ3) is 25.6. The molecule has 124 valence electrons. The van der Waals surface area contributed by atoms with Gasteiger partial charge in [0.1, 0.15) is 0 Å². The van der Waals surface area contributed by atoms with Crippen molar-refractivity contribution in [1.29, 1.82) is 0 Å². The summed E-state index contributed by atoms with van der Waals surface area (Å²) in [5, 5.41) is 0. The van der Waals surface area contributed by atoms with Gasteiger partial charge in [0, 0.05) is 0 Å². The Labute approximate surface area is 152 Å². The van der Waals surface area contributed by atoms with Gasteiger partial charge in [-0.25, -0.2) is 4.57 Å². The van der Waals surface area contributed by atoms with Crippen molar-refractivity contribution < 1.29 is 9.46 Å². The second-order valence-electron chi connectivity index (χ2n) is 3.55. The lowest BCUT2D eigenvalue weighted by atomic mass is 10.4. The topological polar surface area (TPSA) is 37.3 Å². The fourth-order valence-corrected chi connectivity index (χ4v) is 1.15. The molecule has 5 heteroatoms. The van der Waals surface area contributed by atoms with Crippen LogP contribution in [0.5, 0.6) is 0 Å². The van der Waals surface area contributed by atoms with Gasteiger partial charge in [0.2, 0.25) is 0 Å². The zero-order chi connectivity index (χ0) is 15.4. The number of hydrogen-bond donors (Lipinski definition) is 1. The molecule has 0 radical (unpaired) electrons. The maximum Gasteiger partial charge on any atom is 0.324 e. The summed E-state index contributed by atoms with van der Waals surface area (Å²) in [6.07, 6.45) is 0. The van der Waals surface area contributed by atoms with Gasteiger partial charge in [0.25, 0.3) is 0 Å². The molecule has 3 aromatic carbocycles. The predicted octanol–water partition coefficient (Wildman–Crippen LogP) is 6.09. The summed E-state index contributed by atoms with van der Waals surface area (Å²) in [4.78, 5) is 6.99. The van der Waals surface area contributed by atoms with Crippen LogP contribution in [0.25, 0.3) is 0 Å². The largest absolute Gasteiger partial charge is 0.324 e. The van der Waals surface area contributed by atoms with Crippen LogP contribution in [0, 0.1) is 0 Å². The van der Waals surface area contributed by atoms with E-state index in [1.165, 1.54) is 0 Å². The minimum Gasteiger partial charge on any atom is -0.310 e. The molecular weight excluding hydrogens is 350 g/mol. The van der Waals surface area contributed by atoms with Crippen LogP contribution in [0.2, 0.25) is 0 Å². The van der Waals surface area contributed by atoms with Crippen molar-refractivity contribution in [2.75, 3.05) is 0 Å². The van der Waals surface area contributed by atoms with Crippen LogP contribution in [-0.4, -0.2) is 4.89 Å². The van der Waals surface area contributed by atoms with Crippen molar-refractivity contribution in [2.45, 2.75) is 0 Å². The molecule has 0 bridgehead atoms. The van der Waals surface area contributed by atoms with Gasteiger partial charge in [-0.3, -0.25) is 0 Å². The van der Waals surface area contributed by atoms with Crippen molar-refractivity contribution in [3.05, 3.63) is 109 Å². The molecule has 0 saturated heterocycles. The molecule has 0 aliphatic carbocycles. The van der Waals surface area contributed by atoms with E-state index in [2.05, 4.69) is 0 Å². The van der Waals surface area contributed by atoms with Crippen LogP contribution in [0.4, 0.5) is 0 Å². The van der Waals surface area contributed by atoms with Gasteiger partial charge in [0.05, 0.1) is 0 Å². The highest BCUT2D eigenvalue weighted by molar-refractivity contribution is 7.16. The highest BCUT2D eigenvalue weighted by Gasteiger charge is 1.59. The molecule has 0 saturated carbocycles. The van der Waals surface area contributed by atoms with Gasteiger partial charge in [-0.1, -0.05) is 109 Å². The van der Waals surface area contributed by atoms with Gasteiger partial charge >= 0.3 is 8.69 Å². The predicted molar refractivity (Wildman–Crippen MR) is 104 cm³/mol. The average Bonchev–Trinajstić information content (AvgIpc) is 2.61. The monoisotopic (exact) mass is 370 g/mol. The van der Waals surface area contributed by atoms with E-state index in [1.807, 2.05) is 109 Å². The van der Waals surface area contributed by atoms with E-state index in [9.17, 15) is 0 Å². The fraction of sp³-hybridized carbons (Fsp3) is 0. The highest BCUT2D eigenvalue weighted by atomic mass is 35.5. The summed E-state index contributed by atoms with van der Waals surface area (Å²) < 4.78 is 8.46. The number of rotatable bonds is 0. The second-order valence-corrected chi connectivity index (χ2v) is 3.71. The summed E-state index contributed by atoms with van der Waals surface area (Å²) in [6.45, 7) is 0. The maximum absolute atomic E-state index is 8.46. The molecule has 0 aliphatic heterocycles. The summed E-state index contributed by atoms with van der Waals surface area (Å²) in [6, 6.07) is 36.0. The van der Waals surface area contributed by atoms with Crippen LogP contribution in [0.3, 0.4) is 0 Å². The lowest BCUT2D eigenvalue weighted by Crippen LogP contribution is -1.47. The average molecular weight is 371 g/mol. The molecule has 0 aliphatic rings. The molecule has 3 aromatic rings. The van der Waals surface area contributed by atoms with Crippen LogP contribution in [-0.2, 0) is 4.57 Å². The van der Waals surface area contributed by atoms with Crippen LogP contribution in [0.15, 0.2) is 109 Å². The van der Waals surface area contributed by atoms with Crippen molar-refractivity contribution in [2.24, 2.45) is 0 Å². The minimum absolute atomic E-state index is 0. The Morgan fingerprint density at radius 3 is 0.478 bits per heavy atom. The Bertz CT molecular complexity index is 356. The van der Waals surface area contributed by atoms with Gasteiger partial charge in [-0.15, -0.1) is 24.8 Å². The molecule has 2 nitrogen and oxygen atoms in total. The van der Waals surface area contributed by atoms with E-state index in [0.717, 1.165) is 0 Å². The van der Waals surface area contributed by atoms with E-state index in [4.69, 9.17) is 9.46 Å². The normalized spacial score (nSPS) is 7.17. The third-order valence-electron chi connectivity index (χ3n) is 2.00. The molecule has 0 fully saturated rings. The standard InChI is InChI=1S/3C6H6.2ClH.HO2P/c3*1-2-4-6-5-3-1;;;1-3-2/h3*1-6H;2*1H;(H,1,2). The van der Waals surface area contributed by atoms with Gasteiger partial charge < -0.3 is 4.89 Å². The van der Waals surface area contributed by atoms with E-state index in [0.29, 0.717) is 0 Å². The van der Waals surface area contributed by atoms with Crippen LogP contribution >= 0.6 is 33.5 Å². The fourth-order valence-electron chi connectivity index (χ4n) is 1.15. The molecule has 23 heavy (non-hydrogen) atoms. The number of halogens is 2. The zero-order valence-corrected chi connectivity index (χ0v) is 15.0.